The third kappa shape index (κ3) is 15.4. The van der Waals surface area contributed by atoms with E-state index in [9.17, 15) is 27.2 Å². The smallest absolute Gasteiger partial charge is 1.00 e. The van der Waals surface area contributed by atoms with Crippen molar-refractivity contribution in [1.29, 1.82) is 0 Å². The molecule has 0 saturated heterocycles. The molecule has 12 heteroatoms. The third-order valence-corrected chi connectivity index (χ3v) is 11.2. The fourth-order valence-corrected chi connectivity index (χ4v) is 7.73. The Hall–Kier alpha value is -5.27. The predicted molar refractivity (Wildman–Crippen MR) is 252 cm³/mol. The van der Waals surface area contributed by atoms with Gasteiger partial charge in [-0.1, -0.05) is 127 Å². The average Bonchev–Trinajstić information content (AvgIpc) is 3.30. The monoisotopic (exact) mass is 977 g/mol. The summed E-state index contributed by atoms with van der Waals surface area (Å²) in [5.41, 5.74) is 10.1. The van der Waals surface area contributed by atoms with Crippen LogP contribution in [0.4, 0.5) is 17.6 Å². The number of hydrogen-bond acceptors (Lipinski definition) is 4. The van der Waals surface area contributed by atoms with E-state index < -0.39 is 46.0 Å². The molecule has 0 aliphatic carbocycles. The number of ketones is 2. The molecule has 3 radical (unpaired) electrons. The zero-order valence-corrected chi connectivity index (χ0v) is 41.7. The Labute approximate surface area is 427 Å². The molecule has 0 amide bonds. The second kappa shape index (κ2) is 27.5. The second-order valence-electron chi connectivity index (χ2n) is 15.7. The van der Waals surface area contributed by atoms with Gasteiger partial charge in [-0.2, -0.15) is 0 Å². The maximum absolute atomic E-state index is 13.9. The molecule has 2 heterocycles. The second-order valence-corrected chi connectivity index (χ2v) is 15.7. The number of rotatable bonds is 12. The normalized spacial score (nSPS) is 11.9. The Morgan fingerprint density at radius 2 is 1.04 bits per heavy atom. The molecule has 1 aliphatic heterocycles. The predicted octanol–water partition coefficient (Wildman–Crippen LogP) is 5.12. The van der Waals surface area contributed by atoms with Gasteiger partial charge in [-0.25, -0.2) is 22.1 Å². The van der Waals surface area contributed by atoms with Crippen LogP contribution in [0.3, 0.4) is 0 Å². The summed E-state index contributed by atoms with van der Waals surface area (Å²) in [5, 5.41) is 7.00. The standard InChI is InChI=1S/C27H25F2NO.C27H22F2NO.CH4O.B.BrH.Na.H/c2*1-19-14-15-30(17-21-6-3-2-4-7-21)18-23(19)22-12-10-20(11-13-22)16-26(31)27-24(28)8-5-9-25(27)29;1-2;;;;/h2-13H,14-18H2,1H3;2-15,18H,16-17H2,1H3;2H,1H3;;1H;;/q;+1;;;;+1;-1/p-1. The Morgan fingerprint density at radius 3 is 1.52 bits per heavy atom. The molecule has 0 atom stereocenters. The Kier molecular flexibility index (Phi) is 23.0. The number of carbonyl (C=O) groups excluding carboxylic acids is 2. The molecule has 0 unspecified atom stereocenters. The SMILES string of the molecule is CC1=C(c2ccc(CC(=O)c3c(F)cccc3F)cc2)CN(Cc2ccccc2)CC1.CO.Cc1cc[n+](Cc2ccccc2)cc1-c1ccc(CC(=O)c2c(F)cccc2F)cc1.[B].[Br-].[H-].[Na+]. The van der Waals surface area contributed by atoms with Crippen LogP contribution in [0.25, 0.3) is 16.7 Å². The summed E-state index contributed by atoms with van der Waals surface area (Å²) < 4.78 is 57.6. The molecule has 8 rings (SSSR count). The summed E-state index contributed by atoms with van der Waals surface area (Å²) in [7, 11) is 1.00. The van der Waals surface area contributed by atoms with Crippen LogP contribution in [-0.4, -0.2) is 50.2 Å². The number of Topliss-reactive ketones (excluding diaryl/α,β-unsaturated/α-hetero) is 2. The summed E-state index contributed by atoms with van der Waals surface area (Å²) in [6.45, 7) is 7.83. The van der Waals surface area contributed by atoms with Gasteiger partial charge in [0, 0.05) is 65.2 Å². The van der Waals surface area contributed by atoms with E-state index in [4.69, 9.17) is 5.11 Å². The molecular weight excluding hydrogens is 926 g/mol. The van der Waals surface area contributed by atoms with Crippen LogP contribution < -0.4 is 51.1 Å². The first-order valence-electron chi connectivity index (χ1n) is 21.1. The summed E-state index contributed by atoms with van der Waals surface area (Å²) in [6.07, 6.45) is 5.10. The number of aliphatic hydroxyl groups excluding tert-OH is 1. The van der Waals surface area contributed by atoms with Crippen molar-refractivity contribution >= 4 is 25.6 Å². The Morgan fingerprint density at radius 1 is 0.597 bits per heavy atom. The molecule has 67 heavy (non-hydrogen) atoms. The maximum Gasteiger partial charge on any atom is 1.00 e. The van der Waals surface area contributed by atoms with Crippen molar-refractivity contribution in [2.75, 3.05) is 20.2 Å². The molecule has 1 N–H and O–H groups in total. The molecule has 7 aromatic rings. The van der Waals surface area contributed by atoms with E-state index in [1.54, 1.807) is 0 Å². The molecule has 6 aromatic carbocycles. The minimum Gasteiger partial charge on any atom is -1.00 e. The van der Waals surface area contributed by atoms with E-state index in [0.29, 0.717) is 5.56 Å². The summed E-state index contributed by atoms with van der Waals surface area (Å²) in [6, 6.07) is 45.0. The van der Waals surface area contributed by atoms with E-state index in [-0.39, 0.29) is 69.2 Å². The molecule has 0 bridgehead atoms. The van der Waals surface area contributed by atoms with Gasteiger partial charge in [0.25, 0.3) is 0 Å². The third-order valence-electron chi connectivity index (χ3n) is 11.2. The molecule has 0 fully saturated rings. The van der Waals surface area contributed by atoms with Crippen molar-refractivity contribution < 1.29 is 84.8 Å². The first kappa shape index (κ1) is 56.1. The maximum atomic E-state index is 13.9. The largest absolute Gasteiger partial charge is 1.00 e. The van der Waals surface area contributed by atoms with Crippen molar-refractivity contribution in [3.63, 3.8) is 0 Å². The van der Waals surface area contributed by atoms with Gasteiger partial charge in [0.05, 0.1) is 11.1 Å². The van der Waals surface area contributed by atoms with Gasteiger partial charge in [0.1, 0.15) is 23.3 Å². The molecule has 1 aromatic heterocycles. The molecular formula is C55H52BBrF4N2NaO3. The van der Waals surface area contributed by atoms with E-state index >= 15 is 0 Å². The topological polar surface area (TPSA) is 61.5 Å². The fraction of sp³-hybridized carbons (Fsp3) is 0.182. The average molecular weight is 979 g/mol. The number of benzene rings is 6. The Bertz CT molecular complexity index is 2690. The van der Waals surface area contributed by atoms with Crippen molar-refractivity contribution in [3.8, 4) is 11.1 Å². The van der Waals surface area contributed by atoms with Gasteiger partial charge in [-0.15, -0.1) is 0 Å². The van der Waals surface area contributed by atoms with Gasteiger partial charge in [-0.05, 0) is 83.5 Å². The van der Waals surface area contributed by atoms with Crippen LogP contribution in [0, 0.1) is 30.2 Å². The van der Waals surface area contributed by atoms with Gasteiger partial charge < -0.3 is 23.5 Å². The first-order valence-corrected chi connectivity index (χ1v) is 21.1. The van der Waals surface area contributed by atoms with Crippen molar-refractivity contribution in [1.82, 2.24) is 4.90 Å². The number of nitrogens with zero attached hydrogens (tertiary/aromatic N) is 2. The number of halogens is 5. The van der Waals surface area contributed by atoms with E-state index in [1.165, 1.54) is 34.4 Å². The number of carbonyl (C=O) groups is 2. The summed E-state index contributed by atoms with van der Waals surface area (Å²) in [4.78, 5) is 27.3. The molecule has 5 nitrogen and oxygen atoms in total. The molecule has 1 aliphatic rings. The van der Waals surface area contributed by atoms with Crippen LogP contribution >= 0.6 is 0 Å². The fourth-order valence-electron chi connectivity index (χ4n) is 7.73. The number of aromatic nitrogens is 1. The van der Waals surface area contributed by atoms with Crippen molar-refractivity contribution in [2.24, 2.45) is 0 Å². The first-order chi connectivity index (χ1) is 31.0. The zero-order valence-electron chi connectivity index (χ0n) is 39.2. The quantitative estimate of drug-likeness (QED) is 0.0801. The number of aryl methyl sites for hydroxylation is 1. The van der Waals surface area contributed by atoms with E-state index in [2.05, 4.69) is 78.2 Å². The van der Waals surface area contributed by atoms with Crippen LogP contribution in [0.5, 0.6) is 0 Å². The van der Waals surface area contributed by atoms with Crippen molar-refractivity contribution in [2.45, 2.75) is 46.2 Å². The summed E-state index contributed by atoms with van der Waals surface area (Å²) in [5.74, 6) is -4.41. The van der Waals surface area contributed by atoms with E-state index in [0.717, 1.165) is 91.8 Å². The van der Waals surface area contributed by atoms with Gasteiger partial charge in [0.15, 0.2) is 30.5 Å². The van der Waals surface area contributed by atoms with Crippen LogP contribution in [0.15, 0.2) is 170 Å². The zero-order chi connectivity index (χ0) is 45.6. The van der Waals surface area contributed by atoms with Crippen molar-refractivity contribution in [3.05, 3.63) is 237 Å². The van der Waals surface area contributed by atoms with Crippen LogP contribution in [0.1, 0.15) is 68.9 Å². The Balaban J connectivity index is 0.000000426. The van der Waals surface area contributed by atoms with Gasteiger partial charge >= 0.3 is 29.6 Å². The molecule has 0 saturated carbocycles. The van der Waals surface area contributed by atoms with Crippen LogP contribution in [0.2, 0.25) is 0 Å². The van der Waals surface area contributed by atoms with E-state index in [1.807, 2.05) is 72.8 Å². The molecule has 0 spiro atoms. The van der Waals surface area contributed by atoms with Crippen LogP contribution in [-0.2, 0) is 25.9 Å². The number of hydrogen-bond donors (Lipinski definition) is 1. The van der Waals surface area contributed by atoms with Gasteiger partial charge in [-0.3, -0.25) is 14.5 Å². The summed E-state index contributed by atoms with van der Waals surface area (Å²) >= 11 is 0. The minimum atomic E-state index is -0.829. The minimum absolute atomic E-state index is 0. The number of aliphatic hydroxyl groups is 1. The number of pyridine rings is 1. The molecule has 339 valence electrons. The van der Waals surface area contributed by atoms with Gasteiger partial charge in [0.2, 0.25) is 0 Å².